The van der Waals surface area contributed by atoms with Gasteiger partial charge in [-0.3, -0.25) is 4.79 Å². The predicted molar refractivity (Wildman–Crippen MR) is 79.2 cm³/mol. The van der Waals surface area contributed by atoms with Crippen LogP contribution < -0.4 is 10.6 Å². The standard InChI is InChI=1S/C15H16ClN3O/c16-13-7-3-4-8-14(13)18-10-11(9-17)15(20)19-12-5-1-2-6-12/h3-4,7-8,10,12,18H,1-2,5-6H2,(H,19,20)/b11-10-. The molecule has 5 heteroatoms. The number of hydrogen-bond donors (Lipinski definition) is 2. The van der Waals surface area contributed by atoms with Crippen LogP contribution in [0.5, 0.6) is 0 Å². The molecule has 4 nitrogen and oxygen atoms in total. The lowest BCUT2D eigenvalue weighted by atomic mass is 10.2. The van der Waals surface area contributed by atoms with Gasteiger partial charge in [-0.2, -0.15) is 5.26 Å². The van der Waals surface area contributed by atoms with Crippen LogP contribution in [0.1, 0.15) is 25.7 Å². The summed E-state index contributed by atoms with van der Waals surface area (Å²) in [6, 6.07) is 9.26. The minimum absolute atomic E-state index is 0.0526. The first-order valence-electron chi connectivity index (χ1n) is 6.63. The van der Waals surface area contributed by atoms with Gasteiger partial charge in [0.2, 0.25) is 0 Å². The lowest BCUT2D eigenvalue weighted by Crippen LogP contribution is -2.33. The number of carbonyl (C=O) groups excluding carboxylic acids is 1. The molecule has 0 bridgehead atoms. The summed E-state index contributed by atoms with van der Waals surface area (Å²) in [5.41, 5.74) is 0.715. The number of nitrogens with one attached hydrogen (secondary N) is 2. The van der Waals surface area contributed by atoms with E-state index in [1.54, 1.807) is 12.1 Å². The van der Waals surface area contributed by atoms with E-state index in [2.05, 4.69) is 10.6 Å². The minimum Gasteiger partial charge on any atom is -0.359 e. The molecule has 0 saturated heterocycles. The molecule has 0 radical (unpaired) electrons. The van der Waals surface area contributed by atoms with Crippen molar-refractivity contribution in [2.24, 2.45) is 0 Å². The normalized spacial score (nSPS) is 15.7. The van der Waals surface area contributed by atoms with Gasteiger partial charge < -0.3 is 10.6 Å². The van der Waals surface area contributed by atoms with E-state index in [1.807, 2.05) is 18.2 Å². The monoisotopic (exact) mass is 289 g/mol. The molecule has 2 rings (SSSR count). The van der Waals surface area contributed by atoms with Crippen LogP contribution in [-0.4, -0.2) is 11.9 Å². The maximum Gasteiger partial charge on any atom is 0.263 e. The average Bonchev–Trinajstić information content (AvgIpc) is 2.94. The average molecular weight is 290 g/mol. The van der Waals surface area contributed by atoms with Crippen molar-refractivity contribution in [1.29, 1.82) is 5.26 Å². The first kappa shape index (κ1) is 14.4. The van der Waals surface area contributed by atoms with Crippen molar-refractivity contribution in [3.8, 4) is 6.07 Å². The molecule has 0 heterocycles. The van der Waals surface area contributed by atoms with Crippen molar-refractivity contribution < 1.29 is 4.79 Å². The van der Waals surface area contributed by atoms with Gasteiger partial charge in [-0.15, -0.1) is 0 Å². The summed E-state index contributed by atoms with van der Waals surface area (Å²) < 4.78 is 0. The molecule has 1 aromatic rings. The van der Waals surface area contributed by atoms with Gasteiger partial charge in [-0.25, -0.2) is 0 Å². The molecule has 0 aliphatic heterocycles. The molecular weight excluding hydrogens is 274 g/mol. The lowest BCUT2D eigenvalue weighted by molar-refractivity contribution is -0.117. The van der Waals surface area contributed by atoms with Gasteiger partial charge >= 0.3 is 0 Å². The van der Waals surface area contributed by atoms with Gasteiger partial charge in [0, 0.05) is 12.2 Å². The Labute approximate surface area is 123 Å². The van der Waals surface area contributed by atoms with E-state index >= 15 is 0 Å². The molecule has 2 N–H and O–H groups in total. The first-order chi connectivity index (χ1) is 9.70. The van der Waals surface area contributed by atoms with Gasteiger partial charge in [0.15, 0.2) is 0 Å². The van der Waals surface area contributed by atoms with E-state index in [1.165, 1.54) is 6.20 Å². The number of hydrogen-bond acceptors (Lipinski definition) is 3. The van der Waals surface area contributed by atoms with Gasteiger partial charge in [0.05, 0.1) is 10.7 Å². The van der Waals surface area contributed by atoms with Crippen LogP contribution in [0.3, 0.4) is 0 Å². The SMILES string of the molecule is N#C/C(=C/Nc1ccccc1Cl)C(=O)NC1CCCC1. The van der Waals surface area contributed by atoms with Crippen molar-refractivity contribution in [2.75, 3.05) is 5.32 Å². The summed E-state index contributed by atoms with van der Waals surface area (Å²) in [5.74, 6) is -0.334. The quantitative estimate of drug-likeness (QED) is 0.661. The number of nitrogens with zero attached hydrogens (tertiary/aromatic N) is 1. The second-order valence-electron chi connectivity index (χ2n) is 4.75. The summed E-state index contributed by atoms with van der Waals surface area (Å²) in [4.78, 5) is 12.0. The van der Waals surface area contributed by atoms with Gasteiger partial charge in [0.25, 0.3) is 5.91 Å². The zero-order valence-corrected chi connectivity index (χ0v) is 11.8. The number of benzene rings is 1. The summed E-state index contributed by atoms with van der Waals surface area (Å²) in [6.07, 6.45) is 5.64. The Morgan fingerprint density at radius 1 is 1.35 bits per heavy atom. The summed E-state index contributed by atoms with van der Waals surface area (Å²) >= 11 is 5.99. The van der Waals surface area contributed by atoms with E-state index in [0.29, 0.717) is 10.7 Å². The highest BCUT2D eigenvalue weighted by Crippen LogP contribution is 2.21. The molecule has 0 aromatic heterocycles. The molecule has 1 aromatic carbocycles. The maximum atomic E-state index is 12.0. The van der Waals surface area contributed by atoms with Crippen LogP contribution in [-0.2, 0) is 4.79 Å². The topological polar surface area (TPSA) is 64.9 Å². The Kier molecular flexibility index (Phi) is 5.03. The largest absolute Gasteiger partial charge is 0.359 e. The van der Waals surface area contributed by atoms with Gasteiger partial charge in [-0.05, 0) is 25.0 Å². The van der Waals surface area contributed by atoms with Crippen molar-refractivity contribution in [3.05, 3.63) is 41.1 Å². The Balaban J connectivity index is 2.00. The van der Waals surface area contributed by atoms with Crippen molar-refractivity contribution in [3.63, 3.8) is 0 Å². The third-order valence-corrected chi connectivity index (χ3v) is 3.63. The van der Waals surface area contributed by atoms with Crippen LogP contribution in [0, 0.1) is 11.3 Å². The molecule has 104 valence electrons. The highest BCUT2D eigenvalue weighted by Gasteiger charge is 2.19. The summed E-state index contributed by atoms with van der Waals surface area (Å²) in [5, 5.41) is 15.4. The van der Waals surface area contributed by atoms with Crippen LogP contribution in [0.15, 0.2) is 36.0 Å². The van der Waals surface area contributed by atoms with E-state index in [4.69, 9.17) is 16.9 Å². The molecule has 0 unspecified atom stereocenters. The third-order valence-electron chi connectivity index (χ3n) is 3.30. The van der Waals surface area contributed by atoms with Crippen LogP contribution >= 0.6 is 11.6 Å². The van der Waals surface area contributed by atoms with E-state index in [-0.39, 0.29) is 17.5 Å². The highest BCUT2D eigenvalue weighted by atomic mass is 35.5. The van der Waals surface area contributed by atoms with Crippen LogP contribution in [0.25, 0.3) is 0 Å². The first-order valence-corrected chi connectivity index (χ1v) is 7.00. The van der Waals surface area contributed by atoms with E-state index in [9.17, 15) is 4.79 Å². The molecular formula is C15H16ClN3O. The smallest absolute Gasteiger partial charge is 0.263 e. The Morgan fingerprint density at radius 2 is 2.05 bits per heavy atom. The molecule has 1 aliphatic rings. The zero-order chi connectivity index (χ0) is 14.4. The number of anilines is 1. The van der Waals surface area contributed by atoms with Crippen LogP contribution in [0.2, 0.25) is 5.02 Å². The number of rotatable bonds is 4. The zero-order valence-electron chi connectivity index (χ0n) is 11.0. The number of amides is 1. The lowest BCUT2D eigenvalue weighted by Gasteiger charge is -2.11. The summed E-state index contributed by atoms with van der Waals surface area (Å²) in [6.45, 7) is 0. The van der Waals surface area contributed by atoms with Gasteiger partial charge in [-0.1, -0.05) is 36.6 Å². The number of halogens is 1. The molecule has 20 heavy (non-hydrogen) atoms. The molecule has 0 atom stereocenters. The van der Waals surface area contributed by atoms with Crippen molar-refractivity contribution >= 4 is 23.2 Å². The third kappa shape index (κ3) is 3.75. The van der Waals surface area contributed by atoms with Crippen LogP contribution in [0.4, 0.5) is 5.69 Å². The van der Waals surface area contributed by atoms with Crippen molar-refractivity contribution in [1.82, 2.24) is 5.32 Å². The molecule has 1 aliphatic carbocycles. The van der Waals surface area contributed by atoms with E-state index in [0.717, 1.165) is 25.7 Å². The highest BCUT2D eigenvalue weighted by molar-refractivity contribution is 6.33. The Bertz CT molecular complexity index is 556. The van der Waals surface area contributed by atoms with E-state index < -0.39 is 0 Å². The number of carbonyl (C=O) groups is 1. The molecule has 1 fully saturated rings. The van der Waals surface area contributed by atoms with Crippen molar-refractivity contribution in [2.45, 2.75) is 31.7 Å². The van der Waals surface area contributed by atoms with Gasteiger partial charge in [0.1, 0.15) is 11.6 Å². The number of para-hydroxylation sites is 1. The second-order valence-corrected chi connectivity index (χ2v) is 5.16. The fourth-order valence-electron chi connectivity index (χ4n) is 2.21. The Hall–Kier alpha value is -1.99. The number of nitriles is 1. The Morgan fingerprint density at radius 3 is 2.70 bits per heavy atom. The predicted octanol–water partition coefficient (Wildman–Crippen LogP) is 3.22. The fraction of sp³-hybridized carbons (Fsp3) is 0.333. The summed E-state index contributed by atoms with van der Waals surface area (Å²) in [7, 11) is 0. The fourth-order valence-corrected chi connectivity index (χ4v) is 2.40. The molecule has 0 spiro atoms. The molecule has 1 saturated carbocycles. The minimum atomic E-state index is -0.334. The maximum absolute atomic E-state index is 12.0. The second kappa shape index (κ2) is 6.97. The molecule has 1 amide bonds.